The third kappa shape index (κ3) is 8.06. The zero-order chi connectivity index (χ0) is 23.0. The summed E-state index contributed by atoms with van der Waals surface area (Å²) in [6.07, 6.45) is 0.184. The number of alkyl halides is 3. The van der Waals surface area contributed by atoms with E-state index >= 15 is 0 Å². The number of nitrogens with zero attached hydrogens (tertiary/aromatic N) is 2. The van der Waals surface area contributed by atoms with E-state index in [-0.39, 0.29) is 0 Å². The second-order valence-electron chi connectivity index (χ2n) is 7.52. The van der Waals surface area contributed by atoms with Crippen molar-refractivity contribution in [2.45, 2.75) is 58.5 Å². The zero-order valence-corrected chi connectivity index (χ0v) is 18.3. The molecule has 1 heterocycles. The molecule has 0 atom stereocenters. The van der Waals surface area contributed by atoms with E-state index in [2.05, 4.69) is 18.3 Å². The molecular formula is C21H27ClF3N3O3. The van der Waals surface area contributed by atoms with Crippen LogP contribution in [0, 0.1) is 12.8 Å². The third-order valence-corrected chi connectivity index (χ3v) is 5.25. The Hall–Kier alpha value is -2.26. The van der Waals surface area contributed by atoms with Gasteiger partial charge in [-0.1, -0.05) is 42.1 Å². The summed E-state index contributed by atoms with van der Waals surface area (Å²) in [6.45, 7) is 4.23. The summed E-state index contributed by atoms with van der Waals surface area (Å²) in [5.74, 6) is -1.20. The average Bonchev–Trinajstić information content (AvgIpc) is 3.33. The lowest BCUT2D eigenvalue weighted by Gasteiger charge is -2.13. The molecular weight excluding hydrogens is 435 g/mol. The van der Waals surface area contributed by atoms with E-state index in [1.54, 1.807) is 0 Å². The minimum absolute atomic E-state index is 0.468. The smallest absolute Gasteiger partial charge is 0.475 e. The number of hydrogen-bond acceptors (Lipinski definition) is 4. The monoisotopic (exact) mass is 461 g/mol. The summed E-state index contributed by atoms with van der Waals surface area (Å²) >= 11 is 6.28. The molecule has 0 unspecified atom stereocenters. The number of halogens is 4. The van der Waals surface area contributed by atoms with Crippen molar-refractivity contribution >= 4 is 17.6 Å². The van der Waals surface area contributed by atoms with Crippen molar-refractivity contribution in [1.82, 2.24) is 15.1 Å². The number of nitrogens with one attached hydrogen (secondary N) is 1. The molecule has 1 fully saturated rings. The fraction of sp³-hybridized carbons (Fsp3) is 0.524. The topological polar surface area (TPSA) is 76.4 Å². The van der Waals surface area contributed by atoms with Gasteiger partial charge in [0.1, 0.15) is 6.61 Å². The van der Waals surface area contributed by atoms with Gasteiger partial charge in [0, 0.05) is 29.7 Å². The lowest BCUT2D eigenvalue weighted by atomic mass is 10.1. The molecule has 1 aliphatic carbocycles. The summed E-state index contributed by atoms with van der Waals surface area (Å²) in [5, 5.41) is 15.7. The van der Waals surface area contributed by atoms with Crippen molar-refractivity contribution in [3.8, 4) is 5.88 Å². The molecule has 0 amide bonds. The van der Waals surface area contributed by atoms with Gasteiger partial charge in [0.2, 0.25) is 5.88 Å². The van der Waals surface area contributed by atoms with Gasteiger partial charge in [-0.2, -0.15) is 18.3 Å². The summed E-state index contributed by atoms with van der Waals surface area (Å²) in [5.41, 5.74) is 3.22. The average molecular weight is 462 g/mol. The standard InChI is InChI=1S/C19H26ClN3O.C2HF3O2/c1-14-7-8-18(20)16(9-14)13-24-19-10-17(11-21-2)22-23(19)12-15-5-3-4-6-15;3-2(4,5)1(6)7/h7-10,15,21H,3-6,11-13H2,1-2H3;(H,6,7). The molecule has 1 saturated carbocycles. The molecule has 31 heavy (non-hydrogen) atoms. The maximum atomic E-state index is 10.6. The van der Waals surface area contributed by atoms with Crippen molar-refractivity contribution in [2.75, 3.05) is 7.05 Å². The molecule has 0 radical (unpaired) electrons. The van der Waals surface area contributed by atoms with Crippen LogP contribution in [0.25, 0.3) is 0 Å². The Kier molecular flexibility index (Phi) is 9.18. The number of aromatic nitrogens is 2. The largest absolute Gasteiger partial charge is 0.490 e. The molecule has 2 N–H and O–H groups in total. The molecule has 0 spiro atoms. The van der Waals surface area contributed by atoms with E-state index in [1.807, 2.05) is 29.9 Å². The first-order valence-corrected chi connectivity index (χ1v) is 10.4. The van der Waals surface area contributed by atoms with Gasteiger partial charge < -0.3 is 15.2 Å². The summed E-state index contributed by atoms with van der Waals surface area (Å²) in [4.78, 5) is 8.90. The molecule has 6 nitrogen and oxygen atoms in total. The Morgan fingerprint density at radius 3 is 2.55 bits per heavy atom. The SMILES string of the molecule is CNCc1cc(OCc2cc(C)ccc2Cl)n(CC2CCCC2)n1.O=C(O)C(F)(F)F. The minimum atomic E-state index is -5.08. The highest BCUT2D eigenvalue weighted by Gasteiger charge is 2.38. The normalized spacial score (nSPS) is 14.3. The second kappa shape index (κ2) is 11.4. The highest BCUT2D eigenvalue weighted by atomic mass is 35.5. The maximum absolute atomic E-state index is 10.6. The quantitative estimate of drug-likeness (QED) is 0.609. The predicted octanol–water partition coefficient (Wildman–Crippen LogP) is 4.97. The molecule has 0 aliphatic heterocycles. The highest BCUT2D eigenvalue weighted by Crippen LogP contribution is 2.28. The van der Waals surface area contributed by atoms with Crippen LogP contribution >= 0.6 is 11.6 Å². The first-order chi connectivity index (χ1) is 14.6. The van der Waals surface area contributed by atoms with Crippen molar-refractivity contribution in [3.05, 3.63) is 46.1 Å². The molecule has 0 saturated heterocycles. The summed E-state index contributed by atoms with van der Waals surface area (Å²) in [7, 11) is 1.93. The molecule has 1 aromatic heterocycles. The van der Waals surface area contributed by atoms with Gasteiger partial charge in [-0.15, -0.1) is 0 Å². The van der Waals surface area contributed by atoms with Gasteiger partial charge in [0.25, 0.3) is 0 Å². The number of aryl methyl sites for hydroxylation is 1. The maximum Gasteiger partial charge on any atom is 0.490 e. The fourth-order valence-electron chi connectivity index (χ4n) is 3.37. The van der Waals surface area contributed by atoms with Crippen LogP contribution in [-0.4, -0.2) is 34.1 Å². The van der Waals surface area contributed by atoms with Crippen molar-refractivity contribution in [3.63, 3.8) is 0 Å². The van der Waals surface area contributed by atoms with Crippen molar-refractivity contribution in [1.29, 1.82) is 0 Å². The van der Waals surface area contributed by atoms with Crippen LogP contribution in [-0.2, 0) is 24.5 Å². The van der Waals surface area contributed by atoms with Gasteiger partial charge in [0.15, 0.2) is 0 Å². The van der Waals surface area contributed by atoms with Crippen LogP contribution in [0.3, 0.4) is 0 Å². The number of carboxylic acid groups (broad SMARTS) is 1. The predicted molar refractivity (Wildman–Crippen MR) is 111 cm³/mol. The third-order valence-electron chi connectivity index (χ3n) is 4.88. The lowest BCUT2D eigenvalue weighted by Crippen LogP contribution is -2.21. The van der Waals surface area contributed by atoms with E-state index in [9.17, 15) is 13.2 Å². The van der Waals surface area contributed by atoms with Gasteiger partial charge in [-0.05, 0) is 38.8 Å². The van der Waals surface area contributed by atoms with Crippen LogP contribution in [0.2, 0.25) is 5.02 Å². The number of hydrogen-bond donors (Lipinski definition) is 2. The van der Waals surface area contributed by atoms with E-state index < -0.39 is 12.1 Å². The van der Waals surface area contributed by atoms with Gasteiger partial charge in [0.05, 0.1) is 5.69 Å². The van der Waals surface area contributed by atoms with Gasteiger partial charge in [-0.3, -0.25) is 0 Å². The van der Waals surface area contributed by atoms with Crippen LogP contribution in [0.4, 0.5) is 13.2 Å². The molecule has 172 valence electrons. The molecule has 1 aliphatic rings. The Morgan fingerprint density at radius 1 is 1.32 bits per heavy atom. The number of aliphatic carboxylic acids is 1. The van der Waals surface area contributed by atoms with Crippen LogP contribution in [0.1, 0.15) is 42.5 Å². The zero-order valence-electron chi connectivity index (χ0n) is 17.5. The van der Waals surface area contributed by atoms with E-state index in [0.717, 1.165) is 41.2 Å². The second-order valence-corrected chi connectivity index (χ2v) is 7.93. The molecule has 10 heteroatoms. The van der Waals surface area contributed by atoms with Gasteiger partial charge >= 0.3 is 12.1 Å². The van der Waals surface area contributed by atoms with Gasteiger partial charge in [-0.25, -0.2) is 9.48 Å². The Labute approximate surface area is 184 Å². The number of ether oxygens (including phenoxy) is 1. The van der Waals surface area contributed by atoms with E-state index in [1.165, 1.54) is 31.2 Å². The number of benzene rings is 1. The number of rotatable bonds is 7. The van der Waals surface area contributed by atoms with Crippen LogP contribution in [0.5, 0.6) is 5.88 Å². The fourth-order valence-corrected chi connectivity index (χ4v) is 3.54. The highest BCUT2D eigenvalue weighted by molar-refractivity contribution is 6.31. The molecule has 1 aromatic carbocycles. The van der Waals surface area contributed by atoms with E-state index in [0.29, 0.717) is 6.61 Å². The Morgan fingerprint density at radius 2 is 1.97 bits per heavy atom. The molecule has 3 rings (SSSR count). The number of carbonyl (C=O) groups is 1. The first kappa shape index (κ1) is 25.0. The molecule has 0 bridgehead atoms. The molecule has 2 aromatic rings. The Bertz CT molecular complexity index is 865. The minimum Gasteiger partial charge on any atom is -0.475 e. The Balaban J connectivity index is 0.000000423. The number of carboxylic acids is 1. The summed E-state index contributed by atoms with van der Waals surface area (Å²) < 4.78 is 39.9. The van der Waals surface area contributed by atoms with Crippen molar-refractivity contribution < 1.29 is 27.8 Å². The van der Waals surface area contributed by atoms with Crippen LogP contribution < -0.4 is 10.1 Å². The van der Waals surface area contributed by atoms with Crippen molar-refractivity contribution in [2.24, 2.45) is 5.92 Å². The van der Waals surface area contributed by atoms with Crippen LogP contribution in [0.15, 0.2) is 24.3 Å². The van der Waals surface area contributed by atoms with E-state index in [4.69, 9.17) is 31.3 Å². The first-order valence-electron chi connectivity index (χ1n) is 9.99. The lowest BCUT2D eigenvalue weighted by molar-refractivity contribution is -0.192. The summed E-state index contributed by atoms with van der Waals surface area (Å²) in [6, 6.07) is 8.06.